The van der Waals surface area contributed by atoms with Gasteiger partial charge in [-0.1, -0.05) is 12.8 Å². The second kappa shape index (κ2) is 6.72. The van der Waals surface area contributed by atoms with Crippen LogP contribution < -0.4 is 5.32 Å². The Hall–Kier alpha value is -0.120. The first-order valence-electron chi connectivity index (χ1n) is 7.38. The maximum absolute atomic E-state index is 3.69. The van der Waals surface area contributed by atoms with E-state index in [1.807, 2.05) is 0 Å². The molecular formula is C14H29N3. The minimum Gasteiger partial charge on any atom is -0.313 e. The molecule has 1 atom stereocenters. The Kier molecular flexibility index (Phi) is 5.26. The molecule has 1 N–H and O–H groups in total. The average molecular weight is 239 g/mol. The van der Waals surface area contributed by atoms with E-state index < -0.39 is 0 Å². The van der Waals surface area contributed by atoms with E-state index in [0.717, 1.165) is 18.6 Å². The molecule has 1 unspecified atom stereocenters. The van der Waals surface area contributed by atoms with Gasteiger partial charge >= 0.3 is 0 Å². The standard InChI is InChI=1S/C14H29N3/c1-16(12-14-8-5-10-17(14)2)11-9-15-13-6-3-4-7-13/h13-15H,3-12H2,1-2H3. The van der Waals surface area contributed by atoms with Crippen molar-refractivity contribution in [2.75, 3.05) is 40.3 Å². The summed E-state index contributed by atoms with van der Waals surface area (Å²) in [5.74, 6) is 0. The largest absolute Gasteiger partial charge is 0.313 e. The fourth-order valence-electron chi connectivity index (χ4n) is 3.25. The van der Waals surface area contributed by atoms with Crippen LogP contribution in [0, 0.1) is 0 Å². The lowest BCUT2D eigenvalue weighted by Crippen LogP contribution is -2.40. The molecule has 0 radical (unpaired) electrons. The van der Waals surface area contributed by atoms with Crippen LogP contribution in [0.5, 0.6) is 0 Å². The van der Waals surface area contributed by atoms with Crippen LogP contribution in [-0.4, -0.2) is 62.2 Å². The summed E-state index contributed by atoms with van der Waals surface area (Å²) in [6.07, 6.45) is 8.43. The normalized spacial score (nSPS) is 27.4. The van der Waals surface area contributed by atoms with Crippen LogP contribution in [0.1, 0.15) is 38.5 Å². The molecule has 17 heavy (non-hydrogen) atoms. The van der Waals surface area contributed by atoms with Crippen molar-refractivity contribution in [3.63, 3.8) is 0 Å². The molecule has 0 aromatic rings. The van der Waals surface area contributed by atoms with E-state index in [9.17, 15) is 0 Å². The Morgan fingerprint density at radius 3 is 2.59 bits per heavy atom. The van der Waals surface area contributed by atoms with Crippen molar-refractivity contribution in [3.8, 4) is 0 Å². The molecule has 0 bridgehead atoms. The third-order valence-corrected chi connectivity index (χ3v) is 4.48. The smallest absolute Gasteiger partial charge is 0.0220 e. The third-order valence-electron chi connectivity index (χ3n) is 4.48. The summed E-state index contributed by atoms with van der Waals surface area (Å²) in [6.45, 7) is 4.89. The summed E-state index contributed by atoms with van der Waals surface area (Å²) in [5, 5.41) is 3.69. The topological polar surface area (TPSA) is 18.5 Å². The highest BCUT2D eigenvalue weighted by molar-refractivity contribution is 4.79. The average Bonchev–Trinajstić information content (AvgIpc) is 2.92. The Morgan fingerprint density at radius 1 is 1.18 bits per heavy atom. The van der Waals surface area contributed by atoms with Crippen molar-refractivity contribution in [2.45, 2.75) is 50.6 Å². The van der Waals surface area contributed by atoms with Crippen molar-refractivity contribution >= 4 is 0 Å². The van der Waals surface area contributed by atoms with E-state index in [2.05, 4.69) is 29.2 Å². The first-order chi connectivity index (χ1) is 8.25. The van der Waals surface area contributed by atoms with Gasteiger partial charge in [-0.3, -0.25) is 0 Å². The van der Waals surface area contributed by atoms with Crippen LogP contribution in [0.3, 0.4) is 0 Å². The number of hydrogen-bond acceptors (Lipinski definition) is 3. The molecule has 100 valence electrons. The van der Waals surface area contributed by atoms with E-state index in [1.54, 1.807) is 0 Å². The molecule has 0 aromatic heterocycles. The van der Waals surface area contributed by atoms with Crippen molar-refractivity contribution in [2.24, 2.45) is 0 Å². The maximum atomic E-state index is 3.69. The monoisotopic (exact) mass is 239 g/mol. The van der Waals surface area contributed by atoms with Crippen LogP contribution in [0.15, 0.2) is 0 Å². The quantitative estimate of drug-likeness (QED) is 0.758. The summed E-state index contributed by atoms with van der Waals surface area (Å²) in [5.41, 5.74) is 0. The molecule has 1 saturated carbocycles. The van der Waals surface area contributed by atoms with Gasteiger partial charge in [-0.05, 0) is 46.3 Å². The number of hydrogen-bond donors (Lipinski definition) is 1. The molecule has 1 aliphatic heterocycles. The zero-order chi connectivity index (χ0) is 12.1. The number of nitrogens with zero attached hydrogens (tertiary/aromatic N) is 2. The highest BCUT2D eigenvalue weighted by atomic mass is 15.2. The second-order valence-electron chi connectivity index (χ2n) is 5.97. The molecule has 1 saturated heterocycles. The minimum atomic E-state index is 0.798. The zero-order valence-corrected chi connectivity index (χ0v) is 11.6. The molecule has 1 aliphatic carbocycles. The van der Waals surface area contributed by atoms with Gasteiger partial charge in [0.15, 0.2) is 0 Å². The lowest BCUT2D eigenvalue weighted by molar-refractivity contribution is 0.219. The zero-order valence-electron chi connectivity index (χ0n) is 11.6. The van der Waals surface area contributed by atoms with Crippen LogP contribution in [0.2, 0.25) is 0 Å². The van der Waals surface area contributed by atoms with Gasteiger partial charge in [-0.25, -0.2) is 0 Å². The second-order valence-corrected chi connectivity index (χ2v) is 5.97. The predicted molar refractivity (Wildman–Crippen MR) is 73.4 cm³/mol. The lowest BCUT2D eigenvalue weighted by atomic mass is 10.2. The summed E-state index contributed by atoms with van der Waals surface area (Å²) in [6, 6.07) is 1.61. The summed E-state index contributed by atoms with van der Waals surface area (Å²) < 4.78 is 0. The molecule has 2 aliphatic rings. The highest BCUT2D eigenvalue weighted by Crippen LogP contribution is 2.17. The molecule has 0 aromatic carbocycles. The Labute approximate surface area is 107 Å². The third kappa shape index (κ3) is 4.23. The fraction of sp³-hybridized carbons (Fsp3) is 1.00. The van der Waals surface area contributed by atoms with Crippen molar-refractivity contribution < 1.29 is 0 Å². The number of rotatable bonds is 6. The first-order valence-corrected chi connectivity index (χ1v) is 7.38. The van der Waals surface area contributed by atoms with Crippen molar-refractivity contribution in [1.29, 1.82) is 0 Å². The van der Waals surface area contributed by atoms with Gasteiger partial charge in [0.1, 0.15) is 0 Å². The molecule has 3 nitrogen and oxygen atoms in total. The number of likely N-dealkylation sites (N-methyl/N-ethyl adjacent to an activating group) is 2. The van der Waals surface area contributed by atoms with E-state index in [-0.39, 0.29) is 0 Å². The lowest BCUT2D eigenvalue weighted by Gasteiger charge is -2.26. The van der Waals surface area contributed by atoms with Crippen molar-refractivity contribution in [3.05, 3.63) is 0 Å². The first kappa shape index (κ1) is 13.3. The Morgan fingerprint density at radius 2 is 1.94 bits per heavy atom. The summed E-state index contributed by atoms with van der Waals surface area (Å²) in [4.78, 5) is 5.01. The predicted octanol–water partition coefficient (Wildman–Crippen LogP) is 1.54. The summed E-state index contributed by atoms with van der Waals surface area (Å²) >= 11 is 0. The van der Waals surface area contributed by atoms with Gasteiger partial charge in [0.2, 0.25) is 0 Å². The van der Waals surface area contributed by atoms with Gasteiger partial charge in [-0.15, -0.1) is 0 Å². The van der Waals surface area contributed by atoms with Crippen LogP contribution in [-0.2, 0) is 0 Å². The molecule has 2 fully saturated rings. The molecule has 2 rings (SSSR count). The van der Waals surface area contributed by atoms with Gasteiger partial charge in [-0.2, -0.15) is 0 Å². The van der Waals surface area contributed by atoms with Gasteiger partial charge in [0.25, 0.3) is 0 Å². The Bertz CT molecular complexity index is 214. The molecule has 3 heteroatoms. The van der Waals surface area contributed by atoms with E-state index in [0.29, 0.717) is 0 Å². The van der Waals surface area contributed by atoms with Gasteiger partial charge in [0.05, 0.1) is 0 Å². The van der Waals surface area contributed by atoms with E-state index in [1.165, 1.54) is 58.2 Å². The molecule has 1 heterocycles. The molecule has 0 amide bonds. The maximum Gasteiger partial charge on any atom is 0.0220 e. The molecular weight excluding hydrogens is 210 g/mol. The van der Waals surface area contributed by atoms with Crippen LogP contribution in [0.4, 0.5) is 0 Å². The highest BCUT2D eigenvalue weighted by Gasteiger charge is 2.22. The number of nitrogens with one attached hydrogen (secondary N) is 1. The molecule has 0 spiro atoms. The SMILES string of the molecule is CN(CCNC1CCCC1)CC1CCCN1C. The van der Waals surface area contributed by atoms with Crippen molar-refractivity contribution in [1.82, 2.24) is 15.1 Å². The van der Waals surface area contributed by atoms with Crippen LogP contribution >= 0.6 is 0 Å². The van der Waals surface area contributed by atoms with Crippen LogP contribution in [0.25, 0.3) is 0 Å². The van der Waals surface area contributed by atoms with Gasteiger partial charge in [0, 0.05) is 31.7 Å². The summed E-state index contributed by atoms with van der Waals surface area (Å²) in [7, 11) is 4.53. The number of likely N-dealkylation sites (tertiary alicyclic amines) is 1. The fourth-order valence-corrected chi connectivity index (χ4v) is 3.25. The Balaban J connectivity index is 1.55. The van der Waals surface area contributed by atoms with E-state index >= 15 is 0 Å². The van der Waals surface area contributed by atoms with E-state index in [4.69, 9.17) is 0 Å². The minimum absolute atomic E-state index is 0.798. The van der Waals surface area contributed by atoms with Gasteiger partial charge < -0.3 is 15.1 Å².